The number of piperazine rings is 1. The zero-order valence-electron chi connectivity index (χ0n) is 23.3. The molecule has 0 bridgehead atoms. The van der Waals surface area contributed by atoms with Crippen LogP contribution in [-0.4, -0.2) is 76.6 Å². The van der Waals surface area contributed by atoms with E-state index in [1.807, 2.05) is 37.3 Å². The van der Waals surface area contributed by atoms with E-state index in [4.69, 9.17) is 9.72 Å². The fraction of sp³-hybridized carbons (Fsp3) is 0.333. The van der Waals surface area contributed by atoms with Gasteiger partial charge in [-0.1, -0.05) is 29.5 Å². The molecule has 1 aliphatic rings. The highest BCUT2D eigenvalue weighted by atomic mass is 32.2. The van der Waals surface area contributed by atoms with Crippen molar-refractivity contribution >= 4 is 48.3 Å². The van der Waals surface area contributed by atoms with Crippen molar-refractivity contribution in [3.63, 3.8) is 0 Å². The Morgan fingerprint density at radius 3 is 2.41 bits per heavy atom. The maximum absolute atomic E-state index is 13.2. The van der Waals surface area contributed by atoms with Crippen LogP contribution in [0.2, 0.25) is 0 Å². The molecule has 0 radical (unpaired) electrons. The number of sulfonamides is 1. The number of carbonyl (C=O) groups is 1. The Hall–Kier alpha value is -3.67. The number of carbonyl (C=O) groups excluding carboxylic acids is 1. The fourth-order valence-corrected chi connectivity index (χ4v) is 7.39. The summed E-state index contributed by atoms with van der Waals surface area (Å²) in [5.74, 6) is 0.651. The second-order valence-electron chi connectivity index (χ2n) is 9.67. The van der Waals surface area contributed by atoms with Gasteiger partial charge in [-0.25, -0.2) is 13.4 Å². The molecule has 1 fully saturated rings. The number of para-hydroxylation sites is 1. The van der Waals surface area contributed by atoms with Crippen molar-refractivity contribution in [1.82, 2.24) is 15.2 Å². The largest absolute Gasteiger partial charge is 0.494 e. The average Bonchev–Trinajstić information content (AvgIpc) is 3.42. The second kappa shape index (κ2) is 12.9. The van der Waals surface area contributed by atoms with Gasteiger partial charge in [0, 0.05) is 51.4 Å². The molecular formula is C30H35N5O4S2. The van der Waals surface area contributed by atoms with E-state index in [1.54, 1.807) is 42.5 Å². The van der Waals surface area contributed by atoms with Crippen LogP contribution >= 0.6 is 11.3 Å². The molecule has 1 saturated heterocycles. The first-order valence-electron chi connectivity index (χ1n) is 13.9. The van der Waals surface area contributed by atoms with Crippen LogP contribution in [0.1, 0.15) is 24.2 Å². The van der Waals surface area contributed by atoms with Crippen LogP contribution in [0.15, 0.2) is 77.7 Å². The Morgan fingerprint density at radius 2 is 1.73 bits per heavy atom. The molecule has 0 saturated carbocycles. The minimum Gasteiger partial charge on any atom is -0.494 e. The number of amides is 1. The first-order valence-corrected chi connectivity index (χ1v) is 16.1. The van der Waals surface area contributed by atoms with E-state index in [-0.39, 0.29) is 10.8 Å². The molecule has 0 spiro atoms. The van der Waals surface area contributed by atoms with E-state index in [0.717, 1.165) is 53.8 Å². The van der Waals surface area contributed by atoms with Gasteiger partial charge in [-0.05, 0) is 68.4 Å². The third-order valence-electron chi connectivity index (χ3n) is 7.05. The molecular weight excluding hydrogens is 558 g/mol. The first-order chi connectivity index (χ1) is 19.9. The predicted molar refractivity (Wildman–Crippen MR) is 165 cm³/mol. The number of benzene rings is 3. The third-order valence-corrected chi connectivity index (χ3v) is 10.0. The van der Waals surface area contributed by atoms with Crippen LogP contribution in [-0.2, 0) is 10.0 Å². The SMILES string of the molecule is CCOc1ccc2nc(N3CCN(CCNC(=O)c4ccc(S(=O)(=O)N(CC)c5ccccc5)cc4)CC3)sc2c1. The molecule has 1 amide bonds. The number of ether oxygens (including phenoxy) is 1. The Labute approximate surface area is 245 Å². The topological polar surface area (TPSA) is 95.1 Å². The quantitative estimate of drug-likeness (QED) is 0.274. The minimum atomic E-state index is -3.73. The van der Waals surface area contributed by atoms with Gasteiger partial charge in [0.05, 0.1) is 27.4 Å². The Kier molecular flexibility index (Phi) is 9.06. The van der Waals surface area contributed by atoms with Crippen molar-refractivity contribution in [2.75, 3.05) is 61.6 Å². The highest BCUT2D eigenvalue weighted by Crippen LogP contribution is 2.32. The van der Waals surface area contributed by atoms with Crippen LogP contribution in [0.4, 0.5) is 10.8 Å². The number of aromatic nitrogens is 1. The first kappa shape index (κ1) is 28.8. The lowest BCUT2D eigenvalue weighted by Gasteiger charge is -2.34. The van der Waals surface area contributed by atoms with Gasteiger partial charge in [-0.2, -0.15) is 0 Å². The fourth-order valence-electron chi connectivity index (χ4n) is 4.87. The number of hydrogen-bond donors (Lipinski definition) is 1. The summed E-state index contributed by atoms with van der Waals surface area (Å²) in [4.78, 5) is 22.3. The molecule has 11 heteroatoms. The third kappa shape index (κ3) is 6.64. The Bertz CT molecular complexity index is 1570. The van der Waals surface area contributed by atoms with Gasteiger partial charge in [0.25, 0.3) is 15.9 Å². The Balaban J connectivity index is 1.10. The zero-order chi connectivity index (χ0) is 28.8. The van der Waals surface area contributed by atoms with Crippen molar-refractivity contribution in [2.24, 2.45) is 0 Å². The lowest BCUT2D eigenvalue weighted by atomic mass is 10.2. The van der Waals surface area contributed by atoms with Crippen molar-refractivity contribution in [2.45, 2.75) is 18.7 Å². The summed E-state index contributed by atoms with van der Waals surface area (Å²) < 4.78 is 34.5. The van der Waals surface area contributed by atoms with Gasteiger partial charge in [-0.3, -0.25) is 14.0 Å². The molecule has 9 nitrogen and oxygen atoms in total. The maximum Gasteiger partial charge on any atom is 0.264 e. The number of hydrogen-bond acceptors (Lipinski definition) is 8. The highest BCUT2D eigenvalue weighted by Gasteiger charge is 2.24. The normalized spacial score (nSPS) is 14.2. The summed E-state index contributed by atoms with van der Waals surface area (Å²) in [6, 6.07) is 21.1. The van der Waals surface area contributed by atoms with E-state index >= 15 is 0 Å². The Morgan fingerprint density at radius 1 is 1.00 bits per heavy atom. The molecule has 3 aromatic carbocycles. The van der Waals surface area contributed by atoms with Gasteiger partial charge in [-0.15, -0.1) is 0 Å². The molecule has 0 aliphatic carbocycles. The van der Waals surface area contributed by atoms with Crippen LogP contribution in [0.5, 0.6) is 5.75 Å². The lowest BCUT2D eigenvalue weighted by Crippen LogP contribution is -2.48. The standard InChI is InChI=1S/C30H35N5O4S2/c1-3-35(24-8-6-5-7-9-24)41(37,38)26-13-10-23(11-14-26)29(36)31-16-17-33-18-20-34(21-19-33)30-32-27-15-12-25(39-4-2)22-28(27)40-30/h5-15,22H,3-4,16-21H2,1-2H3,(H,31,36). The van der Waals surface area contributed by atoms with Crippen molar-refractivity contribution in [3.05, 3.63) is 78.4 Å². The number of anilines is 2. The van der Waals surface area contributed by atoms with Crippen molar-refractivity contribution < 1.29 is 17.9 Å². The molecule has 5 rings (SSSR count). The predicted octanol–water partition coefficient (Wildman–Crippen LogP) is 4.46. The van der Waals surface area contributed by atoms with E-state index in [1.165, 1.54) is 16.4 Å². The van der Waals surface area contributed by atoms with Gasteiger partial charge in [0.15, 0.2) is 5.13 Å². The van der Waals surface area contributed by atoms with Gasteiger partial charge < -0.3 is 15.0 Å². The van der Waals surface area contributed by atoms with Crippen LogP contribution < -0.4 is 19.3 Å². The number of nitrogens with one attached hydrogen (secondary N) is 1. The van der Waals surface area contributed by atoms with Gasteiger partial charge in [0.1, 0.15) is 5.75 Å². The summed E-state index contributed by atoms with van der Waals surface area (Å²) in [7, 11) is -3.73. The molecule has 216 valence electrons. The van der Waals surface area contributed by atoms with Gasteiger partial charge >= 0.3 is 0 Å². The minimum absolute atomic E-state index is 0.153. The monoisotopic (exact) mass is 593 g/mol. The summed E-state index contributed by atoms with van der Waals surface area (Å²) in [6.45, 7) is 9.50. The summed E-state index contributed by atoms with van der Waals surface area (Å²) in [6.07, 6.45) is 0. The summed E-state index contributed by atoms with van der Waals surface area (Å²) in [5.41, 5.74) is 2.02. The van der Waals surface area contributed by atoms with Crippen molar-refractivity contribution in [1.29, 1.82) is 0 Å². The lowest BCUT2D eigenvalue weighted by molar-refractivity contribution is 0.0947. The van der Waals surface area contributed by atoms with E-state index in [0.29, 0.717) is 30.9 Å². The van der Waals surface area contributed by atoms with Crippen LogP contribution in [0.25, 0.3) is 10.2 Å². The molecule has 1 N–H and O–H groups in total. The van der Waals surface area contributed by atoms with Crippen molar-refractivity contribution in [3.8, 4) is 5.75 Å². The average molecular weight is 594 g/mol. The zero-order valence-corrected chi connectivity index (χ0v) is 25.0. The highest BCUT2D eigenvalue weighted by molar-refractivity contribution is 7.92. The number of rotatable bonds is 11. The number of fused-ring (bicyclic) bond motifs is 1. The van der Waals surface area contributed by atoms with Crippen LogP contribution in [0.3, 0.4) is 0 Å². The molecule has 0 atom stereocenters. The molecule has 4 aromatic rings. The van der Waals surface area contributed by atoms with E-state index in [2.05, 4.69) is 21.2 Å². The smallest absolute Gasteiger partial charge is 0.264 e. The molecule has 1 aromatic heterocycles. The van der Waals surface area contributed by atoms with E-state index < -0.39 is 10.0 Å². The number of thiazole rings is 1. The van der Waals surface area contributed by atoms with E-state index in [9.17, 15) is 13.2 Å². The maximum atomic E-state index is 13.2. The molecule has 1 aliphatic heterocycles. The second-order valence-corrected chi connectivity index (χ2v) is 12.5. The van der Waals surface area contributed by atoms with Gasteiger partial charge in [0.2, 0.25) is 0 Å². The van der Waals surface area contributed by atoms with Crippen LogP contribution in [0, 0.1) is 0 Å². The molecule has 2 heterocycles. The summed E-state index contributed by atoms with van der Waals surface area (Å²) in [5, 5.41) is 3.99. The molecule has 0 unspecified atom stereocenters. The summed E-state index contributed by atoms with van der Waals surface area (Å²) >= 11 is 1.69. The number of nitrogens with zero attached hydrogens (tertiary/aromatic N) is 4. The molecule has 41 heavy (non-hydrogen) atoms.